The van der Waals surface area contributed by atoms with E-state index in [2.05, 4.69) is 10.4 Å². The number of aromatic nitrogens is 2. The molecular weight excluding hydrogens is 334 g/mol. The van der Waals surface area contributed by atoms with E-state index in [0.717, 1.165) is 32.6 Å². The lowest BCUT2D eigenvalue weighted by molar-refractivity contribution is -0.146. The van der Waals surface area contributed by atoms with Gasteiger partial charge in [-0.25, -0.2) is 9.48 Å². The van der Waals surface area contributed by atoms with E-state index in [4.69, 9.17) is 0 Å². The van der Waals surface area contributed by atoms with Crippen molar-refractivity contribution in [2.75, 3.05) is 26.0 Å². The average Bonchev–Trinajstić information content (AvgIpc) is 2.97. The molecule has 4 amide bonds. The number of aryl methyl sites for hydroxylation is 2. The number of anilines is 1. The molecule has 136 valence electrons. The number of urea groups is 1. The van der Waals surface area contributed by atoms with E-state index in [9.17, 15) is 14.4 Å². The number of carbonyl (C=O) groups is 3. The summed E-state index contributed by atoms with van der Waals surface area (Å²) in [5.41, 5.74) is 3.69. The second-order valence-corrected chi connectivity index (χ2v) is 6.40. The van der Waals surface area contributed by atoms with Crippen LogP contribution in [-0.4, -0.2) is 58.1 Å². The standard InChI is InChI=1S/C18H21N5O3/c1-11-9-12(2)23(20-11)14-7-5-13(6-8-14)19-10-15-16(24)21(3)18(26)22(4)17(15)25/h5-9,15,19H,10H2,1-4H3. The topological polar surface area (TPSA) is 87.5 Å². The highest BCUT2D eigenvalue weighted by Crippen LogP contribution is 2.18. The molecule has 8 heteroatoms. The Labute approximate surface area is 151 Å². The lowest BCUT2D eigenvalue weighted by Crippen LogP contribution is -2.58. The van der Waals surface area contributed by atoms with E-state index < -0.39 is 23.8 Å². The number of barbiturate groups is 1. The van der Waals surface area contributed by atoms with Gasteiger partial charge in [0.05, 0.1) is 11.4 Å². The minimum Gasteiger partial charge on any atom is -0.384 e. The second-order valence-electron chi connectivity index (χ2n) is 6.40. The van der Waals surface area contributed by atoms with Crippen LogP contribution >= 0.6 is 0 Å². The highest BCUT2D eigenvalue weighted by molar-refractivity contribution is 6.16. The first-order valence-electron chi connectivity index (χ1n) is 8.26. The van der Waals surface area contributed by atoms with Gasteiger partial charge in [0.15, 0.2) is 0 Å². The number of carbonyl (C=O) groups excluding carboxylic acids is 3. The first-order valence-corrected chi connectivity index (χ1v) is 8.26. The zero-order valence-electron chi connectivity index (χ0n) is 15.2. The monoisotopic (exact) mass is 355 g/mol. The molecule has 3 rings (SSSR count). The van der Waals surface area contributed by atoms with Crippen LogP contribution in [0.5, 0.6) is 0 Å². The molecule has 1 fully saturated rings. The fourth-order valence-corrected chi connectivity index (χ4v) is 2.99. The molecule has 2 heterocycles. The Morgan fingerprint density at radius 3 is 2.08 bits per heavy atom. The predicted molar refractivity (Wildman–Crippen MR) is 96.0 cm³/mol. The summed E-state index contributed by atoms with van der Waals surface area (Å²) >= 11 is 0. The zero-order valence-corrected chi connectivity index (χ0v) is 15.2. The Balaban J connectivity index is 1.70. The van der Waals surface area contributed by atoms with Crippen molar-refractivity contribution in [2.24, 2.45) is 5.92 Å². The Morgan fingerprint density at radius 1 is 1.00 bits per heavy atom. The lowest BCUT2D eigenvalue weighted by atomic mass is 10.0. The summed E-state index contributed by atoms with van der Waals surface area (Å²) in [6, 6.07) is 8.94. The van der Waals surface area contributed by atoms with Crippen LogP contribution in [0.3, 0.4) is 0 Å². The van der Waals surface area contributed by atoms with Crippen LogP contribution in [0, 0.1) is 19.8 Å². The van der Waals surface area contributed by atoms with E-state index in [1.807, 2.05) is 48.9 Å². The number of amides is 4. The number of nitrogens with zero attached hydrogens (tertiary/aromatic N) is 4. The predicted octanol–water partition coefficient (Wildman–Crippen LogP) is 1.57. The Hall–Kier alpha value is -3.16. The Bertz CT molecular complexity index is 847. The summed E-state index contributed by atoms with van der Waals surface area (Å²) in [6.45, 7) is 4.05. The SMILES string of the molecule is Cc1cc(C)n(-c2ccc(NCC3C(=O)N(C)C(=O)N(C)C3=O)cc2)n1. The summed E-state index contributed by atoms with van der Waals surface area (Å²) in [7, 11) is 2.76. The molecule has 1 saturated heterocycles. The molecule has 8 nitrogen and oxygen atoms in total. The smallest absolute Gasteiger partial charge is 0.332 e. The van der Waals surface area contributed by atoms with Gasteiger partial charge in [-0.1, -0.05) is 0 Å². The van der Waals surface area contributed by atoms with Gasteiger partial charge in [-0.3, -0.25) is 19.4 Å². The van der Waals surface area contributed by atoms with Gasteiger partial charge >= 0.3 is 6.03 Å². The van der Waals surface area contributed by atoms with Gasteiger partial charge in [0, 0.05) is 32.0 Å². The van der Waals surface area contributed by atoms with Gasteiger partial charge in [-0.15, -0.1) is 0 Å². The van der Waals surface area contributed by atoms with Gasteiger partial charge in [0.25, 0.3) is 0 Å². The van der Waals surface area contributed by atoms with E-state index in [0.29, 0.717) is 0 Å². The zero-order chi connectivity index (χ0) is 19.0. The van der Waals surface area contributed by atoms with Crippen molar-refractivity contribution in [1.82, 2.24) is 19.6 Å². The number of benzene rings is 1. The average molecular weight is 355 g/mol. The minimum atomic E-state index is -0.918. The number of nitrogens with one attached hydrogen (secondary N) is 1. The van der Waals surface area contributed by atoms with Crippen molar-refractivity contribution in [3.8, 4) is 5.69 Å². The molecule has 26 heavy (non-hydrogen) atoms. The van der Waals surface area contributed by atoms with Gasteiger partial charge in [0.2, 0.25) is 11.8 Å². The molecule has 0 atom stereocenters. The van der Waals surface area contributed by atoms with Crippen molar-refractivity contribution in [1.29, 1.82) is 0 Å². The maximum atomic E-state index is 12.2. The van der Waals surface area contributed by atoms with Crippen LogP contribution in [0.4, 0.5) is 10.5 Å². The highest BCUT2D eigenvalue weighted by Gasteiger charge is 2.42. The normalized spacial score (nSPS) is 15.8. The number of hydrogen-bond donors (Lipinski definition) is 1. The van der Waals surface area contributed by atoms with Gasteiger partial charge < -0.3 is 5.32 Å². The van der Waals surface area contributed by atoms with Crippen molar-refractivity contribution in [3.63, 3.8) is 0 Å². The second kappa shape index (κ2) is 6.62. The molecule has 0 radical (unpaired) electrons. The van der Waals surface area contributed by atoms with E-state index in [1.54, 1.807) is 0 Å². The summed E-state index contributed by atoms with van der Waals surface area (Å²) in [5.74, 6) is -1.91. The van der Waals surface area contributed by atoms with Gasteiger partial charge in [0.1, 0.15) is 5.92 Å². The third kappa shape index (κ3) is 3.05. The van der Waals surface area contributed by atoms with Crippen LogP contribution < -0.4 is 5.32 Å². The third-order valence-corrected chi connectivity index (χ3v) is 4.46. The molecule has 0 unspecified atom stereocenters. The van der Waals surface area contributed by atoms with Crippen molar-refractivity contribution < 1.29 is 14.4 Å². The maximum Gasteiger partial charge on any atom is 0.332 e. The summed E-state index contributed by atoms with van der Waals surface area (Å²) in [5, 5.41) is 7.53. The summed E-state index contributed by atoms with van der Waals surface area (Å²) in [6.07, 6.45) is 0. The van der Waals surface area contributed by atoms with Crippen LogP contribution in [-0.2, 0) is 9.59 Å². The summed E-state index contributed by atoms with van der Waals surface area (Å²) < 4.78 is 1.85. The molecule has 1 aliphatic heterocycles. The van der Waals surface area contributed by atoms with E-state index in [-0.39, 0.29) is 6.54 Å². The molecule has 0 spiro atoms. The molecule has 0 bridgehead atoms. The highest BCUT2D eigenvalue weighted by atomic mass is 16.2. The Morgan fingerprint density at radius 2 is 1.58 bits per heavy atom. The van der Waals surface area contributed by atoms with Gasteiger partial charge in [-0.2, -0.15) is 5.10 Å². The molecule has 1 aliphatic rings. The third-order valence-electron chi connectivity index (χ3n) is 4.46. The molecule has 1 aromatic carbocycles. The van der Waals surface area contributed by atoms with Crippen molar-refractivity contribution in [2.45, 2.75) is 13.8 Å². The fourth-order valence-electron chi connectivity index (χ4n) is 2.99. The largest absolute Gasteiger partial charge is 0.384 e. The quantitative estimate of drug-likeness (QED) is 0.841. The molecule has 0 aliphatic carbocycles. The molecule has 1 N–H and O–H groups in total. The minimum absolute atomic E-state index is 0.124. The van der Waals surface area contributed by atoms with Crippen LogP contribution in [0.25, 0.3) is 5.69 Å². The number of rotatable bonds is 4. The lowest BCUT2D eigenvalue weighted by Gasteiger charge is -2.32. The first-order chi connectivity index (χ1) is 12.3. The van der Waals surface area contributed by atoms with E-state index >= 15 is 0 Å². The van der Waals surface area contributed by atoms with Gasteiger partial charge in [-0.05, 0) is 44.2 Å². The Kier molecular flexibility index (Phi) is 4.50. The number of hydrogen-bond acceptors (Lipinski definition) is 5. The van der Waals surface area contributed by atoms with Crippen LogP contribution in [0.15, 0.2) is 30.3 Å². The first kappa shape index (κ1) is 17.7. The van der Waals surface area contributed by atoms with Crippen molar-refractivity contribution >= 4 is 23.5 Å². The molecule has 2 aromatic rings. The summed E-state index contributed by atoms with van der Waals surface area (Å²) in [4.78, 5) is 38.1. The fraction of sp³-hybridized carbons (Fsp3) is 0.333. The van der Waals surface area contributed by atoms with Crippen LogP contribution in [0.2, 0.25) is 0 Å². The van der Waals surface area contributed by atoms with E-state index in [1.165, 1.54) is 14.1 Å². The van der Waals surface area contributed by atoms with Crippen LogP contribution in [0.1, 0.15) is 11.4 Å². The molecule has 0 saturated carbocycles. The molecular formula is C18H21N5O3. The maximum absolute atomic E-state index is 12.2. The molecule has 1 aromatic heterocycles. The number of imide groups is 2. The van der Waals surface area contributed by atoms with Crippen molar-refractivity contribution in [3.05, 3.63) is 41.7 Å².